The maximum atomic E-state index is 5.09. The average molecular weight is 424 g/mol. The van der Waals surface area contributed by atoms with Crippen LogP contribution in [0.4, 0.5) is 0 Å². The first kappa shape index (κ1) is 20.7. The molecular weight excluding hydrogens is 398 g/mol. The Morgan fingerprint density at radius 2 is 1.42 bits per heavy atom. The van der Waals surface area contributed by atoms with Gasteiger partial charge in [-0.2, -0.15) is 0 Å². The van der Waals surface area contributed by atoms with Crippen molar-refractivity contribution >= 4 is 43.7 Å². The van der Waals surface area contributed by atoms with E-state index in [1.165, 1.54) is 32.3 Å². The summed E-state index contributed by atoms with van der Waals surface area (Å²) < 4.78 is 0. The Balaban J connectivity index is 1.74. The summed E-state index contributed by atoms with van der Waals surface area (Å²) in [4.78, 5) is 5.09. The molecule has 1 nitrogen and oxygen atoms in total. The van der Waals surface area contributed by atoms with Gasteiger partial charge in [-0.05, 0) is 39.2 Å². The molecule has 0 spiro atoms. The second-order valence-electron chi connectivity index (χ2n) is 8.10. The monoisotopic (exact) mass is 423 g/mol. The highest BCUT2D eigenvalue weighted by Crippen LogP contribution is 2.37. The molecule has 0 saturated heterocycles. The molecule has 5 aromatic carbocycles. The van der Waals surface area contributed by atoms with Crippen molar-refractivity contribution in [1.29, 1.82) is 0 Å². The van der Waals surface area contributed by atoms with E-state index >= 15 is 0 Å². The van der Waals surface area contributed by atoms with E-state index in [1.54, 1.807) is 6.08 Å². The van der Waals surface area contributed by atoms with Gasteiger partial charge in [0.2, 0.25) is 0 Å². The van der Waals surface area contributed by atoms with E-state index < -0.39 is 0 Å². The molecule has 0 unspecified atom stereocenters. The molecule has 0 bridgehead atoms. The molecule has 0 N–H and O–H groups in total. The van der Waals surface area contributed by atoms with Gasteiger partial charge in [-0.15, -0.1) is 0 Å². The van der Waals surface area contributed by atoms with Crippen LogP contribution < -0.4 is 0 Å². The predicted molar refractivity (Wildman–Crippen MR) is 145 cm³/mol. The molecule has 0 amide bonds. The van der Waals surface area contributed by atoms with Crippen molar-refractivity contribution in [2.24, 2.45) is 4.99 Å². The summed E-state index contributed by atoms with van der Waals surface area (Å²) in [5.74, 6) is 0. The number of nitrogens with zero attached hydrogens (tertiary/aromatic N) is 1. The van der Waals surface area contributed by atoms with Crippen LogP contribution in [-0.4, -0.2) is 5.71 Å². The number of hydrogen-bond donors (Lipinski definition) is 0. The molecule has 0 heterocycles. The van der Waals surface area contributed by atoms with E-state index in [-0.39, 0.29) is 0 Å². The molecular formula is C32H25N. The van der Waals surface area contributed by atoms with Gasteiger partial charge < -0.3 is 0 Å². The van der Waals surface area contributed by atoms with Crippen LogP contribution in [0.25, 0.3) is 38.0 Å². The first-order chi connectivity index (χ1) is 16.2. The van der Waals surface area contributed by atoms with E-state index in [0.717, 1.165) is 28.1 Å². The van der Waals surface area contributed by atoms with Crippen LogP contribution in [0, 0.1) is 0 Å². The van der Waals surface area contributed by atoms with Crippen LogP contribution >= 0.6 is 0 Å². The Hall–Kier alpha value is -4.23. The zero-order valence-electron chi connectivity index (χ0n) is 18.8. The first-order valence-electron chi connectivity index (χ1n) is 11.2. The number of hydrogen-bond acceptors (Lipinski definition) is 1. The summed E-state index contributed by atoms with van der Waals surface area (Å²) in [6.45, 7) is 10.3. The lowest BCUT2D eigenvalue weighted by molar-refractivity contribution is 1.50. The van der Waals surface area contributed by atoms with Crippen molar-refractivity contribution in [2.45, 2.75) is 6.92 Å². The smallest absolute Gasteiger partial charge is 0.0781 e. The van der Waals surface area contributed by atoms with Gasteiger partial charge in [0, 0.05) is 16.7 Å². The molecule has 1 heteroatoms. The molecule has 0 aliphatic rings. The average Bonchev–Trinajstić information content (AvgIpc) is 2.86. The SMILES string of the molecule is C=C/C=C(\C=C/C)C(=N\C(=C)c1ccc2ccc3cccc4ccc1c2c34)/c1ccccc1. The molecule has 0 aromatic heterocycles. The Bertz CT molecular complexity index is 1560. The Morgan fingerprint density at radius 1 is 0.758 bits per heavy atom. The van der Waals surface area contributed by atoms with Gasteiger partial charge in [-0.3, -0.25) is 0 Å². The molecule has 0 radical (unpaired) electrons. The van der Waals surface area contributed by atoms with Gasteiger partial charge >= 0.3 is 0 Å². The van der Waals surface area contributed by atoms with Crippen LogP contribution in [-0.2, 0) is 0 Å². The molecule has 5 rings (SSSR count). The van der Waals surface area contributed by atoms with Crippen LogP contribution in [0.15, 0.2) is 133 Å². The fourth-order valence-corrected chi connectivity index (χ4v) is 4.59. The topological polar surface area (TPSA) is 12.4 Å². The second-order valence-corrected chi connectivity index (χ2v) is 8.10. The van der Waals surface area contributed by atoms with E-state index in [9.17, 15) is 0 Å². The summed E-state index contributed by atoms with van der Waals surface area (Å²) >= 11 is 0. The van der Waals surface area contributed by atoms with Crippen LogP contribution in [0.1, 0.15) is 18.1 Å². The van der Waals surface area contributed by atoms with Gasteiger partial charge in [-0.25, -0.2) is 4.99 Å². The molecule has 0 aliphatic carbocycles. The lowest BCUT2D eigenvalue weighted by Gasteiger charge is -2.15. The van der Waals surface area contributed by atoms with Crippen LogP contribution in [0.2, 0.25) is 0 Å². The molecule has 0 fully saturated rings. The quantitative estimate of drug-likeness (QED) is 0.147. The molecule has 0 atom stereocenters. The molecule has 5 aromatic rings. The summed E-state index contributed by atoms with van der Waals surface area (Å²) in [6, 6.07) is 29.8. The third-order valence-electron chi connectivity index (χ3n) is 6.05. The zero-order chi connectivity index (χ0) is 22.8. The zero-order valence-corrected chi connectivity index (χ0v) is 18.8. The molecule has 0 aliphatic heterocycles. The minimum atomic E-state index is 0.742. The highest BCUT2D eigenvalue weighted by molar-refractivity contribution is 6.25. The Kier molecular flexibility index (Phi) is 5.46. The highest BCUT2D eigenvalue weighted by Gasteiger charge is 2.14. The first-order valence-corrected chi connectivity index (χ1v) is 11.2. The molecule has 0 saturated carbocycles. The summed E-state index contributed by atoms with van der Waals surface area (Å²) in [5, 5.41) is 7.50. The van der Waals surface area contributed by atoms with Gasteiger partial charge in [0.05, 0.1) is 11.4 Å². The lowest BCUT2D eigenvalue weighted by Crippen LogP contribution is -2.04. The highest BCUT2D eigenvalue weighted by atomic mass is 14.8. The number of aliphatic imine (C=N–C) groups is 1. The fourth-order valence-electron chi connectivity index (χ4n) is 4.59. The summed E-state index contributed by atoms with van der Waals surface area (Å²) in [6.07, 6.45) is 7.87. The predicted octanol–water partition coefficient (Wildman–Crippen LogP) is 8.73. The third-order valence-corrected chi connectivity index (χ3v) is 6.05. The normalized spacial score (nSPS) is 12.9. The van der Waals surface area contributed by atoms with E-state index in [0.29, 0.717) is 0 Å². The molecule has 158 valence electrons. The fraction of sp³-hybridized carbons (Fsp3) is 0.0312. The van der Waals surface area contributed by atoms with Gasteiger partial charge in [0.1, 0.15) is 0 Å². The third kappa shape index (κ3) is 3.68. The van der Waals surface area contributed by atoms with Crippen molar-refractivity contribution in [1.82, 2.24) is 0 Å². The Morgan fingerprint density at radius 3 is 2.12 bits per heavy atom. The minimum absolute atomic E-state index is 0.742. The maximum Gasteiger partial charge on any atom is 0.0781 e. The van der Waals surface area contributed by atoms with Crippen LogP contribution in [0.3, 0.4) is 0 Å². The largest absolute Gasteiger partial charge is 0.248 e. The summed E-state index contributed by atoms with van der Waals surface area (Å²) in [7, 11) is 0. The van der Waals surface area contributed by atoms with Crippen molar-refractivity contribution < 1.29 is 0 Å². The van der Waals surface area contributed by atoms with Crippen molar-refractivity contribution in [3.8, 4) is 0 Å². The molecule has 33 heavy (non-hydrogen) atoms. The Labute approximate surface area is 194 Å². The van der Waals surface area contributed by atoms with Gasteiger partial charge in [0.25, 0.3) is 0 Å². The number of benzene rings is 5. The van der Waals surface area contributed by atoms with Crippen LogP contribution in [0.5, 0.6) is 0 Å². The second kappa shape index (κ2) is 8.72. The summed E-state index contributed by atoms with van der Waals surface area (Å²) in [5.41, 5.74) is 4.71. The van der Waals surface area contributed by atoms with Crippen molar-refractivity contribution in [2.75, 3.05) is 0 Å². The van der Waals surface area contributed by atoms with Crippen molar-refractivity contribution in [3.05, 3.63) is 139 Å². The van der Waals surface area contributed by atoms with E-state index in [4.69, 9.17) is 4.99 Å². The van der Waals surface area contributed by atoms with Gasteiger partial charge in [-0.1, -0.05) is 122 Å². The maximum absolute atomic E-state index is 5.09. The minimum Gasteiger partial charge on any atom is -0.248 e. The number of allylic oxidation sites excluding steroid dienone is 5. The standard InChI is InChI=1S/C32H25N/c1-4-10-26(11-5-2)32(27-12-7-6-8-13-27)33-22(3)28-20-18-25-17-16-23-14-9-15-24-19-21-29(28)31(25)30(23)24/h4-21H,1,3H2,2H3/b11-5-,26-10+,33-32+. The van der Waals surface area contributed by atoms with Crippen molar-refractivity contribution in [3.63, 3.8) is 0 Å². The number of rotatable bonds is 6. The van der Waals surface area contributed by atoms with Gasteiger partial charge in [0.15, 0.2) is 0 Å². The lowest BCUT2D eigenvalue weighted by atomic mass is 9.91. The van der Waals surface area contributed by atoms with E-state index in [2.05, 4.69) is 86.0 Å². The van der Waals surface area contributed by atoms with E-state index in [1.807, 2.05) is 37.3 Å².